The molecule has 6 nitrogen and oxygen atoms in total. The molecule has 3 rings (SSSR count). The number of hydrogen-bond acceptors (Lipinski definition) is 4. The Morgan fingerprint density at radius 2 is 2.16 bits per heavy atom. The third-order valence-electron chi connectivity index (χ3n) is 3.75. The molecule has 2 amide bonds. The Kier molecular flexibility index (Phi) is 2.58. The molecule has 5 N–H and O–H groups in total. The van der Waals surface area contributed by atoms with Crippen molar-refractivity contribution in [3.05, 3.63) is 22.2 Å². The minimum Gasteiger partial charge on any atom is -0.398 e. The average Bonchev–Trinajstić information content (AvgIpc) is 2.87. The van der Waals surface area contributed by atoms with Crippen LogP contribution in [0.3, 0.4) is 0 Å². The van der Waals surface area contributed by atoms with Gasteiger partial charge in [0.1, 0.15) is 0 Å². The van der Waals surface area contributed by atoms with E-state index in [1.165, 1.54) is 0 Å². The highest BCUT2D eigenvalue weighted by Gasteiger charge is 2.58. The van der Waals surface area contributed by atoms with Gasteiger partial charge in [-0.15, -0.1) is 0 Å². The highest BCUT2D eigenvalue weighted by Crippen LogP contribution is 2.48. The van der Waals surface area contributed by atoms with E-state index in [0.29, 0.717) is 21.4 Å². The summed E-state index contributed by atoms with van der Waals surface area (Å²) in [6.07, 6.45) is 0.248. The first-order valence-electron chi connectivity index (χ1n) is 5.82. The Bertz CT molecular complexity index is 604. The molecule has 1 saturated heterocycles. The zero-order valence-corrected chi connectivity index (χ0v) is 11.5. The molecule has 0 radical (unpaired) electrons. The number of aliphatic hydroxyl groups excluding tert-OH is 1. The fourth-order valence-corrected chi connectivity index (χ4v) is 3.22. The Morgan fingerprint density at radius 3 is 2.79 bits per heavy atom. The van der Waals surface area contributed by atoms with Crippen LogP contribution in [0.25, 0.3) is 0 Å². The molecule has 0 bridgehead atoms. The van der Waals surface area contributed by atoms with Gasteiger partial charge in [0.15, 0.2) is 5.41 Å². The van der Waals surface area contributed by atoms with Crippen LogP contribution in [0.5, 0.6) is 0 Å². The van der Waals surface area contributed by atoms with Gasteiger partial charge in [-0.2, -0.15) is 0 Å². The van der Waals surface area contributed by atoms with Gasteiger partial charge >= 0.3 is 0 Å². The van der Waals surface area contributed by atoms with Gasteiger partial charge in [0.2, 0.25) is 11.8 Å². The van der Waals surface area contributed by atoms with E-state index >= 15 is 0 Å². The summed E-state index contributed by atoms with van der Waals surface area (Å²) in [4.78, 5) is 24.5. The number of amides is 2. The van der Waals surface area contributed by atoms with Gasteiger partial charge in [-0.3, -0.25) is 9.59 Å². The third-order valence-corrected chi connectivity index (χ3v) is 4.61. The van der Waals surface area contributed by atoms with Crippen molar-refractivity contribution in [2.24, 2.45) is 0 Å². The SMILES string of the molecule is Nc1ccc2c(c1Br)NC(=O)[C@@]21C[C@H](CO)NC1=O. The fraction of sp³-hybridized carbons (Fsp3) is 0.333. The van der Waals surface area contributed by atoms with Crippen molar-refractivity contribution in [3.8, 4) is 0 Å². The predicted molar refractivity (Wildman–Crippen MR) is 72.5 cm³/mol. The number of aliphatic hydroxyl groups is 1. The van der Waals surface area contributed by atoms with Crippen LogP contribution in [-0.4, -0.2) is 29.6 Å². The molecule has 19 heavy (non-hydrogen) atoms. The van der Waals surface area contributed by atoms with Gasteiger partial charge in [-0.05, 0) is 28.4 Å². The molecule has 0 unspecified atom stereocenters. The number of carbonyl (C=O) groups is 2. The van der Waals surface area contributed by atoms with E-state index in [0.717, 1.165) is 0 Å². The minimum atomic E-state index is -1.25. The first-order chi connectivity index (χ1) is 9.00. The predicted octanol–water partition coefficient (Wildman–Crippen LogP) is 0.102. The summed E-state index contributed by atoms with van der Waals surface area (Å²) in [6, 6.07) is 2.94. The first kappa shape index (κ1) is 12.4. The zero-order chi connectivity index (χ0) is 13.8. The van der Waals surface area contributed by atoms with Crippen LogP contribution in [0.2, 0.25) is 0 Å². The van der Waals surface area contributed by atoms with Crippen LogP contribution in [0, 0.1) is 0 Å². The number of nitrogens with two attached hydrogens (primary N) is 1. The topological polar surface area (TPSA) is 104 Å². The second-order valence-corrected chi connectivity index (χ2v) is 5.60. The van der Waals surface area contributed by atoms with Crippen molar-refractivity contribution in [2.45, 2.75) is 17.9 Å². The second-order valence-electron chi connectivity index (χ2n) is 4.81. The monoisotopic (exact) mass is 325 g/mol. The lowest BCUT2D eigenvalue weighted by Crippen LogP contribution is -2.41. The van der Waals surface area contributed by atoms with Crippen molar-refractivity contribution >= 4 is 39.1 Å². The van der Waals surface area contributed by atoms with E-state index in [1.807, 2.05) is 0 Å². The quantitative estimate of drug-likeness (QED) is 0.434. The lowest BCUT2D eigenvalue weighted by molar-refractivity contribution is -0.131. The Balaban J connectivity index is 2.19. The highest BCUT2D eigenvalue weighted by atomic mass is 79.9. The fourth-order valence-electron chi connectivity index (χ4n) is 2.77. The molecular formula is C12H12BrN3O3. The summed E-state index contributed by atoms with van der Waals surface area (Å²) >= 11 is 3.32. The van der Waals surface area contributed by atoms with Crippen LogP contribution < -0.4 is 16.4 Å². The summed E-state index contributed by atoms with van der Waals surface area (Å²) in [6.45, 7) is -0.188. The van der Waals surface area contributed by atoms with Crippen molar-refractivity contribution in [3.63, 3.8) is 0 Å². The maximum Gasteiger partial charge on any atom is 0.244 e. The number of halogens is 1. The van der Waals surface area contributed by atoms with Crippen LogP contribution in [0.4, 0.5) is 11.4 Å². The van der Waals surface area contributed by atoms with Gasteiger partial charge in [0, 0.05) is 11.3 Å². The number of anilines is 2. The molecule has 2 aliphatic rings. The highest BCUT2D eigenvalue weighted by molar-refractivity contribution is 9.10. The molecule has 0 aromatic heterocycles. The second kappa shape index (κ2) is 3.94. The normalized spacial score (nSPS) is 28.4. The molecular weight excluding hydrogens is 314 g/mol. The molecule has 100 valence electrons. The van der Waals surface area contributed by atoms with Gasteiger partial charge < -0.3 is 21.5 Å². The number of rotatable bonds is 1. The van der Waals surface area contributed by atoms with Gasteiger partial charge in [-0.1, -0.05) is 6.07 Å². The summed E-state index contributed by atoms with van der Waals surface area (Å²) in [5.41, 5.74) is 6.16. The van der Waals surface area contributed by atoms with E-state index in [1.54, 1.807) is 12.1 Å². The molecule has 7 heteroatoms. The number of carbonyl (C=O) groups excluding carboxylic acids is 2. The Labute approximate surface area is 117 Å². The van der Waals surface area contributed by atoms with E-state index in [-0.39, 0.29) is 24.8 Å². The molecule has 2 aliphatic heterocycles. The largest absolute Gasteiger partial charge is 0.398 e. The molecule has 0 aliphatic carbocycles. The molecule has 1 aromatic carbocycles. The summed E-state index contributed by atoms with van der Waals surface area (Å²) < 4.78 is 0.579. The number of benzene rings is 1. The van der Waals surface area contributed by atoms with Crippen molar-refractivity contribution < 1.29 is 14.7 Å². The summed E-state index contributed by atoms with van der Waals surface area (Å²) in [5, 5.41) is 14.5. The number of hydrogen-bond donors (Lipinski definition) is 4. The maximum absolute atomic E-state index is 12.3. The summed E-state index contributed by atoms with van der Waals surface area (Å²) in [5.74, 6) is -0.748. The van der Waals surface area contributed by atoms with Crippen molar-refractivity contribution in [2.75, 3.05) is 17.7 Å². The third kappa shape index (κ3) is 1.45. The standard InChI is InChI=1S/C12H12BrN3O3/c13-8-7(14)2-1-6-9(8)16-11(19)12(6)3-5(4-17)15-10(12)18/h1-2,5,17H,3-4,14H2,(H,15,18)(H,16,19)/t5-,12+/m1/s1. The molecule has 1 spiro atoms. The van der Waals surface area contributed by atoms with Crippen LogP contribution in [0.1, 0.15) is 12.0 Å². The van der Waals surface area contributed by atoms with Gasteiger partial charge in [0.05, 0.1) is 22.8 Å². The minimum absolute atomic E-state index is 0.188. The Hall–Kier alpha value is -1.60. The average molecular weight is 326 g/mol. The first-order valence-corrected chi connectivity index (χ1v) is 6.61. The number of fused-ring (bicyclic) bond motifs is 2. The zero-order valence-electron chi connectivity index (χ0n) is 9.87. The van der Waals surface area contributed by atoms with Crippen LogP contribution >= 0.6 is 15.9 Å². The van der Waals surface area contributed by atoms with E-state index in [4.69, 9.17) is 5.73 Å². The van der Waals surface area contributed by atoms with E-state index in [9.17, 15) is 14.7 Å². The lowest BCUT2D eigenvalue weighted by atomic mass is 9.79. The molecule has 2 heterocycles. The molecule has 1 fully saturated rings. The number of nitrogen functional groups attached to an aromatic ring is 1. The van der Waals surface area contributed by atoms with Crippen molar-refractivity contribution in [1.29, 1.82) is 0 Å². The lowest BCUT2D eigenvalue weighted by Gasteiger charge is -2.18. The Morgan fingerprint density at radius 1 is 1.42 bits per heavy atom. The van der Waals surface area contributed by atoms with Crippen LogP contribution in [-0.2, 0) is 15.0 Å². The van der Waals surface area contributed by atoms with Gasteiger partial charge in [0.25, 0.3) is 0 Å². The molecule has 0 saturated carbocycles. The van der Waals surface area contributed by atoms with Crippen molar-refractivity contribution in [1.82, 2.24) is 5.32 Å². The van der Waals surface area contributed by atoms with E-state index < -0.39 is 11.5 Å². The summed E-state index contributed by atoms with van der Waals surface area (Å²) in [7, 11) is 0. The van der Waals surface area contributed by atoms with Gasteiger partial charge in [-0.25, -0.2) is 0 Å². The molecule has 1 aromatic rings. The molecule has 2 atom stereocenters. The van der Waals surface area contributed by atoms with Crippen LogP contribution in [0.15, 0.2) is 16.6 Å². The smallest absolute Gasteiger partial charge is 0.244 e. The van der Waals surface area contributed by atoms with E-state index in [2.05, 4.69) is 26.6 Å². The number of nitrogens with one attached hydrogen (secondary N) is 2. The maximum atomic E-state index is 12.3.